The predicted octanol–water partition coefficient (Wildman–Crippen LogP) is 3.93. The number of carbonyl (C=O) groups is 3. The first kappa shape index (κ1) is 17.7. The van der Waals surface area contributed by atoms with Crippen LogP contribution in [0.15, 0.2) is 42.5 Å². The van der Waals surface area contributed by atoms with E-state index in [0.717, 1.165) is 11.3 Å². The second-order valence-electron chi connectivity index (χ2n) is 6.94. The Morgan fingerprint density at radius 2 is 1.93 bits per heavy atom. The molecule has 1 aliphatic heterocycles. The van der Waals surface area contributed by atoms with Gasteiger partial charge in [-0.3, -0.25) is 9.59 Å². The Balaban J connectivity index is 1.90. The van der Waals surface area contributed by atoms with E-state index in [2.05, 4.69) is 29.5 Å². The first-order valence-electron chi connectivity index (χ1n) is 8.79. The number of fused-ring (bicyclic) bond motifs is 3. The summed E-state index contributed by atoms with van der Waals surface area (Å²) in [6.45, 7) is 4.15. The highest BCUT2D eigenvalue weighted by Crippen LogP contribution is 2.37. The van der Waals surface area contributed by atoms with Crippen molar-refractivity contribution >= 4 is 45.8 Å². The molecule has 0 aliphatic carbocycles. The molecule has 2 aromatic carbocycles. The quantitative estimate of drug-likeness (QED) is 0.596. The third kappa shape index (κ3) is 2.87. The Kier molecular flexibility index (Phi) is 4.07. The lowest BCUT2D eigenvalue weighted by Gasteiger charge is -2.13. The summed E-state index contributed by atoms with van der Waals surface area (Å²) in [6, 6.07) is 12.1. The van der Waals surface area contributed by atoms with Gasteiger partial charge in [-0.05, 0) is 41.8 Å². The van der Waals surface area contributed by atoms with Crippen LogP contribution in [0.2, 0.25) is 0 Å². The summed E-state index contributed by atoms with van der Waals surface area (Å²) in [6.07, 6.45) is 0. The van der Waals surface area contributed by atoms with Crippen LogP contribution in [0.5, 0.6) is 0 Å². The van der Waals surface area contributed by atoms with Crippen molar-refractivity contribution in [1.82, 2.24) is 4.98 Å². The molecule has 140 valence electrons. The molecule has 0 unspecified atom stereocenters. The van der Waals surface area contributed by atoms with E-state index < -0.39 is 17.7 Å². The molecule has 0 spiro atoms. The molecule has 0 saturated carbocycles. The summed E-state index contributed by atoms with van der Waals surface area (Å²) >= 11 is 0. The Morgan fingerprint density at radius 1 is 1.14 bits per heavy atom. The number of carbonyl (C=O) groups excluding carboxylic acids is 2. The van der Waals surface area contributed by atoms with Crippen LogP contribution in [0.3, 0.4) is 0 Å². The fourth-order valence-corrected chi connectivity index (χ4v) is 3.24. The highest BCUT2D eigenvalue weighted by molar-refractivity contribution is 6.54. The minimum Gasteiger partial charge on any atom is -0.478 e. The second kappa shape index (κ2) is 6.45. The molecule has 2 heterocycles. The maximum Gasteiger partial charge on any atom is 0.335 e. The molecule has 0 bridgehead atoms. The summed E-state index contributed by atoms with van der Waals surface area (Å²) in [5.41, 5.74) is 2.78. The molecule has 7 heteroatoms. The van der Waals surface area contributed by atoms with Crippen LogP contribution in [0, 0.1) is 0 Å². The molecular weight excluding hydrogens is 358 g/mol. The van der Waals surface area contributed by atoms with E-state index in [0.29, 0.717) is 22.5 Å². The first-order chi connectivity index (χ1) is 13.3. The zero-order valence-corrected chi connectivity index (χ0v) is 15.2. The van der Waals surface area contributed by atoms with Crippen molar-refractivity contribution in [2.75, 3.05) is 10.6 Å². The molecule has 0 fully saturated rings. The van der Waals surface area contributed by atoms with Crippen LogP contribution in [0.25, 0.3) is 10.9 Å². The van der Waals surface area contributed by atoms with Crippen molar-refractivity contribution < 1.29 is 19.5 Å². The van der Waals surface area contributed by atoms with Gasteiger partial charge in [0.1, 0.15) is 5.82 Å². The van der Waals surface area contributed by atoms with E-state index in [-0.39, 0.29) is 16.9 Å². The Labute approximate surface area is 160 Å². The molecule has 7 nitrogen and oxygen atoms in total. The molecule has 1 amide bonds. The number of carboxylic acid groups (broad SMARTS) is 1. The van der Waals surface area contributed by atoms with Crippen LogP contribution >= 0.6 is 0 Å². The van der Waals surface area contributed by atoms with Gasteiger partial charge in [-0.25, -0.2) is 9.78 Å². The third-order valence-corrected chi connectivity index (χ3v) is 4.72. The topological polar surface area (TPSA) is 108 Å². The van der Waals surface area contributed by atoms with Crippen LogP contribution < -0.4 is 10.6 Å². The molecule has 1 aromatic heterocycles. The van der Waals surface area contributed by atoms with E-state index in [9.17, 15) is 19.5 Å². The van der Waals surface area contributed by atoms with E-state index >= 15 is 0 Å². The average molecular weight is 375 g/mol. The smallest absolute Gasteiger partial charge is 0.335 e. The molecule has 0 radical (unpaired) electrons. The normalized spacial score (nSPS) is 13.0. The van der Waals surface area contributed by atoms with Crippen molar-refractivity contribution in [2.45, 2.75) is 19.8 Å². The van der Waals surface area contributed by atoms with E-state index in [4.69, 9.17) is 0 Å². The number of benzene rings is 2. The molecule has 1 aliphatic rings. The summed E-state index contributed by atoms with van der Waals surface area (Å²) in [5.74, 6) is -1.95. The largest absolute Gasteiger partial charge is 0.478 e. The molecular formula is C21H17N3O4. The number of Topliss-reactive ketones (excluding diaryl/α,β-unsaturated/α-hetero) is 1. The zero-order chi connectivity index (χ0) is 20.0. The Hall–Kier alpha value is -3.74. The fourth-order valence-electron chi connectivity index (χ4n) is 3.24. The number of hydrogen-bond donors (Lipinski definition) is 3. The zero-order valence-electron chi connectivity index (χ0n) is 15.2. The van der Waals surface area contributed by atoms with Crippen LogP contribution in [0.4, 0.5) is 17.2 Å². The number of carboxylic acids is 1. The van der Waals surface area contributed by atoms with Gasteiger partial charge in [0.05, 0.1) is 22.3 Å². The summed E-state index contributed by atoms with van der Waals surface area (Å²) in [4.78, 5) is 40.2. The van der Waals surface area contributed by atoms with Gasteiger partial charge >= 0.3 is 5.97 Å². The monoisotopic (exact) mass is 375 g/mol. The number of nitrogens with one attached hydrogen (secondary N) is 2. The van der Waals surface area contributed by atoms with Gasteiger partial charge in [0.15, 0.2) is 0 Å². The number of aromatic carboxylic acids is 1. The SMILES string of the molecule is CC(C)c1cccc(Nc2nc3cc(C(=O)O)ccc3c3c2C(=O)C(=O)N3)c1. The summed E-state index contributed by atoms with van der Waals surface area (Å²) in [7, 11) is 0. The minimum absolute atomic E-state index is 0.0726. The van der Waals surface area contributed by atoms with Crippen molar-refractivity contribution in [3.05, 3.63) is 59.2 Å². The lowest BCUT2D eigenvalue weighted by Crippen LogP contribution is -2.13. The van der Waals surface area contributed by atoms with Gasteiger partial charge in [0.25, 0.3) is 11.7 Å². The number of amides is 1. The maximum absolute atomic E-state index is 12.4. The third-order valence-electron chi connectivity index (χ3n) is 4.72. The number of anilines is 3. The molecule has 28 heavy (non-hydrogen) atoms. The van der Waals surface area contributed by atoms with E-state index in [1.165, 1.54) is 12.1 Å². The summed E-state index contributed by atoms with van der Waals surface area (Å²) in [5, 5.41) is 15.5. The van der Waals surface area contributed by atoms with E-state index in [1.807, 2.05) is 24.3 Å². The highest BCUT2D eigenvalue weighted by atomic mass is 16.4. The number of aromatic nitrogens is 1. The minimum atomic E-state index is -1.08. The molecule has 3 N–H and O–H groups in total. The van der Waals surface area contributed by atoms with Gasteiger partial charge < -0.3 is 15.7 Å². The van der Waals surface area contributed by atoms with Crippen LogP contribution in [-0.4, -0.2) is 27.8 Å². The van der Waals surface area contributed by atoms with Crippen molar-refractivity contribution in [2.24, 2.45) is 0 Å². The summed E-state index contributed by atoms with van der Waals surface area (Å²) < 4.78 is 0. The average Bonchev–Trinajstić information content (AvgIpc) is 2.97. The standard InChI is InChI=1S/C21H17N3O4/c1-10(2)11-4-3-5-13(8-11)22-19-16-17(24-20(26)18(16)25)14-7-6-12(21(27)28)9-15(14)23-19/h3-10H,1-2H3,(H,22,23)(H,27,28)(H,24,25,26). The van der Waals surface area contributed by atoms with Gasteiger partial charge in [0, 0.05) is 11.1 Å². The number of ketones is 1. The van der Waals surface area contributed by atoms with Gasteiger partial charge in [-0.15, -0.1) is 0 Å². The van der Waals surface area contributed by atoms with Crippen LogP contribution in [0.1, 0.15) is 46.0 Å². The van der Waals surface area contributed by atoms with E-state index in [1.54, 1.807) is 6.07 Å². The predicted molar refractivity (Wildman–Crippen MR) is 105 cm³/mol. The van der Waals surface area contributed by atoms with Crippen LogP contribution in [-0.2, 0) is 4.79 Å². The Bertz CT molecular complexity index is 1170. The molecule has 0 atom stereocenters. The van der Waals surface area contributed by atoms with Crippen molar-refractivity contribution in [3.63, 3.8) is 0 Å². The van der Waals surface area contributed by atoms with Crippen molar-refractivity contribution in [3.8, 4) is 0 Å². The number of pyridine rings is 1. The highest BCUT2D eigenvalue weighted by Gasteiger charge is 2.34. The Morgan fingerprint density at radius 3 is 2.64 bits per heavy atom. The number of nitrogens with zero attached hydrogens (tertiary/aromatic N) is 1. The molecule has 3 aromatic rings. The fraction of sp³-hybridized carbons (Fsp3) is 0.143. The lowest BCUT2D eigenvalue weighted by molar-refractivity contribution is -0.112. The number of rotatable bonds is 4. The maximum atomic E-state index is 12.4. The molecule has 0 saturated heterocycles. The lowest BCUT2D eigenvalue weighted by atomic mass is 10.0. The van der Waals surface area contributed by atoms with Gasteiger partial charge in [0.2, 0.25) is 0 Å². The second-order valence-corrected chi connectivity index (χ2v) is 6.94. The van der Waals surface area contributed by atoms with Crippen molar-refractivity contribution in [1.29, 1.82) is 0 Å². The molecule has 4 rings (SSSR count). The first-order valence-corrected chi connectivity index (χ1v) is 8.79. The van der Waals surface area contributed by atoms with Gasteiger partial charge in [-0.1, -0.05) is 26.0 Å². The number of hydrogen-bond acceptors (Lipinski definition) is 5. The van der Waals surface area contributed by atoms with Gasteiger partial charge in [-0.2, -0.15) is 0 Å².